The summed E-state index contributed by atoms with van der Waals surface area (Å²) >= 11 is 0. The first-order chi connectivity index (χ1) is 13.9. The first-order valence-electron chi connectivity index (χ1n) is 10.0. The van der Waals surface area contributed by atoms with Crippen molar-refractivity contribution in [3.63, 3.8) is 0 Å². The average molecular weight is 418 g/mol. The largest absolute Gasteiger partial charge is 0.466 e. The van der Waals surface area contributed by atoms with Crippen molar-refractivity contribution < 1.29 is 23.9 Å². The van der Waals surface area contributed by atoms with E-state index in [1.807, 2.05) is 24.3 Å². The summed E-state index contributed by atoms with van der Waals surface area (Å²) in [5.41, 5.74) is 0.494. The molecule has 1 atom stereocenters. The Hall–Kier alpha value is -2.90. The number of nitrogens with zero attached hydrogens (tertiary/aromatic N) is 2. The molecule has 1 aromatic rings. The van der Waals surface area contributed by atoms with Crippen molar-refractivity contribution >= 4 is 23.8 Å². The van der Waals surface area contributed by atoms with Gasteiger partial charge in [-0.1, -0.05) is 45.0 Å². The fraction of sp³-hybridized carbons (Fsp3) is 0.545. The van der Waals surface area contributed by atoms with E-state index in [0.29, 0.717) is 5.56 Å². The number of carbonyl (C=O) groups excluding carboxylic acids is 4. The predicted octanol–water partition coefficient (Wildman–Crippen LogP) is 2.16. The fourth-order valence-corrected chi connectivity index (χ4v) is 3.21. The van der Waals surface area contributed by atoms with Gasteiger partial charge >= 0.3 is 12.0 Å². The van der Waals surface area contributed by atoms with Gasteiger partial charge in [0.05, 0.1) is 13.0 Å². The highest BCUT2D eigenvalue weighted by Gasteiger charge is 2.49. The van der Waals surface area contributed by atoms with Crippen LogP contribution < -0.4 is 5.32 Å². The molecule has 0 bridgehead atoms. The van der Waals surface area contributed by atoms with Crippen LogP contribution in [0.1, 0.15) is 52.2 Å². The maximum absolute atomic E-state index is 13.0. The summed E-state index contributed by atoms with van der Waals surface area (Å²) < 4.78 is 4.84. The second-order valence-electron chi connectivity index (χ2n) is 8.64. The molecule has 8 heteroatoms. The molecule has 4 amide bonds. The van der Waals surface area contributed by atoms with Crippen molar-refractivity contribution in [1.29, 1.82) is 0 Å². The minimum Gasteiger partial charge on any atom is -0.466 e. The third kappa shape index (κ3) is 4.98. The molecule has 1 aliphatic rings. The van der Waals surface area contributed by atoms with Crippen LogP contribution in [0.15, 0.2) is 24.3 Å². The van der Waals surface area contributed by atoms with Crippen molar-refractivity contribution in [2.24, 2.45) is 0 Å². The number of ether oxygens (including phenoxy) is 1. The van der Waals surface area contributed by atoms with Crippen molar-refractivity contribution in [2.75, 3.05) is 26.7 Å². The van der Waals surface area contributed by atoms with Crippen LogP contribution in [0, 0.1) is 0 Å². The molecule has 1 N–H and O–H groups in total. The lowest BCUT2D eigenvalue weighted by Gasteiger charge is -2.25. The smallest absolute Gasteiger partial charge is 0.325 e. The molecule has 30 heavy (non-hydrogen) atoms. The number of hydrogen-bond acceptors (Lipinski definition) is 5. The first kappa shape index (κ1) is 23.4. The van der Waals surface area contributed by atoms with Gasteiger partial charge < -0.3 is 15.0 Å². The number of hydrogen-bond donors (Lipinski definition) is 1. The van der Waals surface area contributed by atoms with Gasteiger partial charge in [0, 0.05) is 13.6 Å². The van der Waals surface area contributed by atoms with E-state index in [-0.39, 0.29) is 31.5 Å². The zero-order valence-electron chi connectivity index (χ0n) is 18.6. The van der Waals surface area contributed by atoms with Gasteiger partial charge in [0.2, 0.25) is 5.91 Å². The van der Waals surface area contributed by atoms with Crippen LogP contribution in [0.2, 0.25) is 0 Å². The number of benzene rings is 1. The van der Waals surface area contributed by atoms with E-state index < -0.39 is 29.4 Å². The van der Waals surface area contributed by atoms with Gasteiger partial charge in [-0.25, -0.2) is 4.79 Å². The van der Waals surface area contributed by atoms with Crippen molar-refractivity contribution in [1.82, 2.24) is 15.1 Å². The Bertz CT molecular complexity index is 828. The number of rotatable bonds is 7. The number of amides is 4. The van der Waals surface area contributed by atoms with Crippen LogP contribution in [0.4, 0.5) is 4.79 Å². The molecule has 2 rings (SSSR count). The van der Waals surface area contributed by atoms with E-state index in [9.17, 15) is 19.2 Å². The number of urea groups is 1. The number of imide groups is 1. The standard InChI is InChI=1S/C22H31N3O5/c1-7-30-18(27)12-13-24(6)17(26)14-25-19(28)22(5,23-20(25)29)16-10-8-15(9-11-16)21(2,3)4/h8-11H,7,12-14H2,1-6H3,(H,23,29). The summed E-state index contributed by atoms with van der Waals surface area (Å²) in [5, 5.41) is 2.71. The number of likely N-dealkylation sites (N-methyl/N-ethyl adjacent to an activating group) is 1. The zero-order chi connectivity index (χ0) is 22.7. The SMILES string of the molecule is CCOC(=O)CCN(C)C(=O)CN1C(=O)NC(C)(c2ccc(C(C)(C)C)cc2)C1=O. The fourth-order valence-electron chi connectivity index (χ4n) is 3.21. The molecule has 0 spiro atoms. The second kappa shape index (κ2) is 8.85. The van der Waals surface area contributed by atoms with E-state index in [0.717, 1.165) is 10.5 Å². The van der Waals surface area contributed by atoms with E-state index >= 15 is 0 Å². The Morgan fingerprint density at radius 1 is 1.17 bits per heavy atom. The summed E-state index contributed by atoms with van der Waals surface area (Å²) in [6.45, 7) is 9.65. The molecule has 164 valence electrons. The first-order valence-corrected chi connectivity index (χ1v) is 10.0. The Labute approximate surface area is 177 Å². The topological polar surface area (TPSA) is 96.0 Å². The van der Waals surface area contributed by atoms with E-state index in [2.05, 4.69) is 26.1 Å². The monoisotopic (exact) mass is 417 g/mol. The molecule has 1 unspecified atom stereocenters. The highest BCUT2D eigenvalue weighted by Crippen LogP contribution is 2.31. The maximum Gasteiger partial charge on any atom is 0.325 e. The third-order valence-electron chi connectivity index (χ3n) is 5.28. The van der Waals surface area contributed by atoms with Crippen LogP contribution in [0.3, 0.4) is 0 Å². The Kier molecular flexibility index (Phi) is 6.90. The summed E-state index contributed by atoms with van der Waals surface area (Å²) in [5.74, 6) is -1.32. The lowest BCUT2D eigenvalue weighted by atomic mass is 9.84. The van der Waals surface area contributed by atoms with Gasteiger partial charge in [-0.2, -0.15) is 0 Å². The van der Waals surface area contributed by atoms with E-state index in [4.69, 9.17) is 4.74 Å². The molecule has 1 aromatic carbocycles. The summed E-state index contributed by atoms with van der Waals surface area (Å²) in [6, 6.07) is 6.92. The molecule has 0 saturated carbocycles. The Morgan fingerprint density at radius 3 is 2.30 bits per heavy atom. The van der Waals surface area contributed by atoms with Gasteiger partial charge in [-0.3, -0.25) is 19.3 Å². The number of esters is 1. The normalized spacial score (nSPS) is 18.9. The van der Waals surface area contributed by atoms with Gasteiger partial charge in [-0.05, 0) is 30.4 Å². The molecule has 0 aliphatic carbocycles. The molecule has 1 fully saturated rings. The molecule has 8 nitrogen and oxygen atoms in total. The average Bonchev–Trinajstić information content (AvgIpc) is 2.89. The summed E-state index contributed by atoms with van der Waals surface area (Å²) in [4.78, 5) is 51.6. The van der Waals surface area contributed by atoms with E-state index in [1.54, 1.807) is 13.8 Å². The van der Waals surface area contributed by atoms with Gasteiger partial charge in [0.1, 0.15) is 12.1 Å². The van der Waals surface area contributed by atoms with Crippen LogP contribution in [0.25, 0.3) is 0 Å². The summed E-state index contributed by atoms with van der Waals surface area (Å²) in [7, 11) is 1.52. The maximum atomic E-state index is 13.0. The van der Waals surface area contributed by atoms with Crippen LogP contribution in [-0.4, -0.2) is 60.4 Å². The predicted molar refractivity (Wildman–Crippen MR) is 112 cm³/mol. The highest BCUT2D eigenvalue weighted by molar-refractivity contribution is 6.09. The molecular weight excluding hydrogens is 386 g/mol. The molecule has 1 heterocycles. The lowest BCUT2D eigenvalue weighted by Crippen LogP contribution is -2.44. The number of carbonyl (C=O) groups is 4. The molecule has 1 aliphatic heterocycles. The van der Waals surface area contributed by atoms with E-state index in [1.165, 1.54) is 11.9 Å². The Balaban J connectivity index is 2.08. The van der Waals surface area contributed by atoms with Crippen molar-refractivity contribution in [3.8, 4) is 0 Å². The van der Waals surface area contributed by atoms with Gasteiger partial charge in [-0.15, -0.1) is 0 Å². The second-order valence-corrected chi connectivity index (χ2v) is 8.64. The Morgan fingerprint density at radius 2 is 1.77 bits per heavy atom. The quantitative estimate of drug-likeness (QED) is 0.542. The number of nitrogens with one attached hydrogen (secondary N) is 1. The van der Waals surface area contributed by atoms with Gasteiger partial charge in [0.25, 0.3) is 5.91 Å². The van der Waals surface area contributed by atoms with Crippen LogP contribution in [0.5, 0.6) is 0 Å². The highest BCUT2D eigenvalue weighted by atomic mass is 16.5. The molecule has 0 radical (unpaired) electrons. The minimum absolute atomic E-state index is 0.0328. The molecule has 1 saturated heterocycles. The van der Waals surface area contributed by atoms with Crippen molar-refractivity contribution in [2.45, 2.75) is 52.0 Å². The van der Waals surface area contributed by atoms with Crippen LogP contribution >= 0.6 is 0 Å². The van der Waals surface area contributed by atoms with Crippen molar-refractivity contribution in [3.05, 3.63) is 35.4 Å². The minimum atomic E-state index is -1.24. The zero-order valence-corrected chi connectivity index (χ0v) is 18.6. The van der Waals surface area contributed by atoms with Gasteiger partial charge in [0.15, 0.2) is 0 Å². The molecular formula is C22H31N3O5. The summed E-state index contributed by atoms with van der Waals surface area (Å²) in [6.07, 6.45) is 0.0497. The lowest BCUT2D eigenvalue weighted by molar-refractivity contribution is -0.144. The molecule has 0 aromatic heterocycles. The third-order valence-corrected chi connectivity index (χ3v) is 5.28. The van der Waals surface area contributed by atoms with Crippen LogP contribution in [-0.2, 0) is 30.1 Å².